The molecule has 2 heteroatoms. The molecule has 0 saturated heterocycles. The van der Waals surface area contributed by atoms with E-state index in [-0.39, 0.29) is 0 Å². The van der Waals surface area contributed by atoms with Gasteiger partial charge in [-0.25, -0.2) is 0 Å². The predicted octanol–water partition coefficient (Wildman–Crippen LogP) is 3.91. The fraction of sp³-hybridized carbons (Fsp3) is 1.00. The number of unbranched alkanes of at least 4 members (excludes halogenated alkanes) is 1. The Morgan fingerprint density at radius 2 is 1.93 bits per heavy atom. The number of hydrogen-bond acceptors (Lipinski definition) is 1. The SMILES string of the molecule is CCCC[C@H](C[B]OCC)C(C)CC. The van der Waals surface area contributed by atoms with Gasteiger partial charge in [-0.05, 0) is 25.1 Å². The third kappa shape index (κ3) is 6.47. The van der Waals surface area contributed by atoms with Crippen molar-refractivity contribution < 1.29 is 4.65 Å². The quantitative estimate of drug-likeness (QED) is 0.402. The summed E-state index contributed by atoms with van der Waals surface area (Å²) in [7, 11) is 2.01. The first-order valence-electron chi connectivity index (χ1n) is 6.19. The zero-order chi connectivity index (χ0) is 10.8. The van der Waals surface area contributed by atoms with E-state index in [9.17, 15) is 0 Å². The van der Waals surface area contributed by atoms with Crippen molar-refractivity contribution in [1.82, 2.24) is 0 Å². The Hall–Kier alpha value is 0.0249. The standard InChI is InChI=1S/C12H26BO/c1-5-8-9-12(11(4)6-2)10-13-14-7-3/h11-12H,5-10H2,1-4H3/t11?,12-/m1/s1. The fourth-order valence-electron chi connectivity index (χ4n) is 1.74. The third-order valence-electron chi connectivity index (χ3n) is 3.06. The van der Waals surface area contributed by atoms with Gasteiger partial charge < -0.3 is 4.65 Å². The zero-order valence-electron chi connectivity index (χ0n) is 10.4. The van der Waals surface area contributed by atoms with Gasteiger partial charge in [0.25, 0.3) is 7.48 Å². The van der Waals surface area contributed by atoms with Crippen molar-refractivity contribution in [1.29, 1.82) is 0 Å². The smallest absolute Gasteiger partial charge is 0.292 e. The van der Waals surface area contributed by atoms with E-state index in [4.69, 9.17) is 4.65 Å². The van der Waals surface area contributed by atoms with E-state index in [0.717, 1.165) is 24.8 Å². The third-order valence-corrected chi connectivity index (χ3v) is 3.06. The normalized spacial score (nSPS) is 15.1. The summed E-state index contributed by atoms with van der Waals surface area (Å²) >= 11 is 0. The Bertz CT molecular complexity index is 117. The van der Waals surface area contributed by atoms with Gasteiger partial charge in [-0.1, -0.05) is 46.5 Å². The fourth-order valence-corrected chi connectivity index (χ4v) is 1.74. The van der Waals surface area contributed by atoms with Crippen molar-refractivity contribution in [3.63, 3.8) is 0 Å². The van der Waals surface area contributed by atoms with Gasteiger partial charge in [-0.2, -0.15) is 0 Å². The molecule has 0 heterocycles. The van der Waals surface area contributed by atoms with E-state index in [0.29, 0.717) is 0 Å². The Kier molecular flexibility index (Phi) is 9.59. The van der Waals surface area contributed by atoms with E-state index in [2.05, 4.69) is 20.8 Å². The predicted molar refractivity (Wildman–Crippen MR) is 64.7 cm³/mol. The molecule has 0 bridgehead atoms. The van der Waals surface area contributed by atoms with Crippen LogP contribution in [0.1, 0.15) is 53.4 Å². The van der Waals surface area contributed by atoms with E-state index in [1.165, 1.54) is 25.7 Å². The first-order valence-corrected chi connectivity index (χ1v) is 6.19. The van der Waals surface area contributed by atoms with Crippen LogP contribution in [0.2, 0.25) is 6.32 Å². The maximum absolute atomic E-state index is 5.31. The van der Waals surface area contributed by atoms with Crippen molar-refractivity contribution >= 4 is 7.48 Å². The van der Waals surface area contributed by atoms with E-state index in [1.54, 1.807) is 0 Å². The van der Waals surface area contributed by atoms with Crippen LogP contribution in [0.3, 0.4) is 0 Å². The van der Waals surface area contributed by atoms with Crippen LogP contribution in [0.5, 0.6) is 0 Å². The lowest BCUT2D eigenvalue weighted by Crippen LogP contribution is -2.14. The van der Waals surface area contributed by atoms with Gasteiger partial charge in [0.1, 0.15) is 0 Å². The van der Waals surface area contributed by atoms with Crippen LogP contribution in [-0.4, -0.2) is 14.1 Å². The number of hydrogen-bond donors (Lipinski definition) is 0. The average molecular weight is 197 g/mol. The van der Waals surface area contributed by atoms with Gasteiger partial charge in [0.2, 0.25) is 0 Å². The molecule has 0 aromatic rings. The molecule has 1 unspecified atom stereocenters. The van der Waals surface area contributed by atoms with Crippen molar-refractivity contribution in [3.05, 3.63) is 0 Å². The van der Waals surface area contributed by atoms with Gasteiger partial charge in [-0.3, -0.25) is 0 Å². The largest absolute Gasteiger partial charge is 0.441 e. The second kappa shape index (κ2) is 9.58. The summed E-state index contributed by atoms with van der Waals surface area (Å²) in [6.07, 6.45) is 6.43. The molecule has 0 aromatic carbocycles. The average Bonchev–Trinajstić information content (AvgIpc) is 2.22. The summed E-state index contributed by atoms with van der Waals surface area (Å²) in [6, 6.07) is 0. The number of rotatable bonds is 9. The highest BCUT2D eigenvalue weighted by Gasteiger charge is 2.15. The topological polar surface area (TPSA) is 9.23 Å². The molecule has 0 fully saturated rings. The molecule has 0 spiro atoms. The van der Waals surface area contributed by atoms with Crippen molar-refractivity contribution in [2.24, 2.45) is 11.8 Å². The van der Waals surface area contributed by atoms with Gasteiger partial charge in [0, 0.05) is 6.61 Å². The molecular formula is C12H26BO. The van der Waals surface area contributed by atoms with Gasteiger partial charge in [0.15, 0.2) is 0 Å². The first kappa shape index (κ1) is 14.0. The minimum absolute atomic E-state index is 0.807. The molecular weight excluding hydrogens is 171 g/mol. The monoisotopic (exact) mass is 197 g/mol. The molecule has 1 radical (unpaired) electrons. The first-order chi connectivity index (χ1) is 6.76. The summed E-state index contributed by atoms with van der Waals surface area (Å²) < 4.78 is 5.31. The molecule has 0 aliphatic heterocycles. The molecule has 83 valence electrons. The molecule has 14 heavy (non-hydrogen) atoms. The molecule has 2 atom stereocenters. The Morgan fingerprint density at radius 1 is 1.21 bits per heavy atom. The zero-order valence-corrected chi connectivity index (χ0v) is 10.4. The molecule has 0 aliphatic carbocycles. The lowest BCUT2D eigenvalue weighted by Gasteiger charge is -2.22. The van der Waals surface area contributed by atoms with Crippen LogP contribution in [0.15, 0.2) is 0 Å². The summed E-state index contributed by atoms with van der Waals surface area (Å²) in [5, 5.41) is 0. The van der Waals surface area contributed by atoms with Crippen molar-refractivity contribution in [2.45, 2.75) is 59.7 Å². The molecule has 1 nitrogen and oxygen atoms in total. The van der Waals surface area contributed by atoms with Gasteiger partial charge >= 0.3 is 0 Å². The van der Waals surface area contributed by atoms with Gasteiger partial charge in [-0.15, -0.1) is 0 Å². The second-order valence-electron chi connectivity index (χ2n) is 4.15. The van der Waals surface area contributed by atoms with Crippen LogP contribution in [0.25, 0.3) is 0 Å². The van der Waals surface area contributed by atoms with Crippen LogP contribution in [0, 0.1) is 11.8 Å². The van der Waals surface area contributed by atoms with E-state index >= 15 is 0 Å². The Balaban J connectivity index is 3.72. The van der Waals surface area contributed by atoms with Crippen LogP contribution in [0.4, 0.5) is 0 Å². The van der Waals surface area contributed by atoms with Gasteiger partial charge in [0.05, 0.1) is 0 Å². The summed E-state index contributed by atoms with van der Waals surface area (Å²) in [5.74, 6) is 1.66. The Labute approximate surface area is 90.9 Å². The highest BCUT2D eigenvalue weighted by Crippen LogP contribution is 2.24. The second-order valence-corrected chi connectivity index (χ2v) is 4.15. The van der Waals surface area contributed by atoms with E-state index < -0.39 is 0 Å². The highest BCUT2D eigenvalue weighted by atomic mass is 16.4. The molecule has 0 saturated carbocycles. The molecule has 0 rings (SSSR count). The lowest BCUT2D eigenvalue weighted by molar-refractivity contribution is 0.315. The van der Waals surface area contributed by atoms with Crippen LogP contribution in [-0.2, 0) is 4.65 Å². The maximum Gasteiger partial charge on any atom is 0.292 e. The minimum atomic E-state index is 0.807. The summed E-state index contributed by atoms with van der Waals surface area (Å²) in [4.78, 5) is 0. The maximum atomic E-state index is 5.31. The lowest BCUT2D eigenvalue weighted by atomic mass is 9.75. The van der Waals surface area contributed by atoms with Crippen molar-refractivity contribution in [3.8, 4) is 0 Å². The highest BCUT2D eigenvalue weighted by molar-refractivity contribution is 6.27. The summed E-state index contributed by atoms with van der Waals surface area (Å²) in [5.41, 5.74) is 0. The van der Waals surface area contributed by atoms with E-state index in [1.807, 2.05) is 14.4 Å². The molecule has 0 N–H and O–H groups in total. The molecule has 0 amide bonds. The minimum Gasteiger partial charge on any atom is -0.441 e. The Morgan fingerprint density at radius 3 is 2.43 bits per heavy atom. The van der Waals surface area contributed by atoms with Crippen LogP contribution < -0.4 is 0 Å². The van der Waals surface area contributed by atoms with Crippen LogP contribution >= 0.6 is 0 Å². The molecule has 0 aromatic heterocycles. The molecule has 0 aliphatic rings. The summed E-state index contributed by atoms with van der Waals surface area (Å²) in [6.45, 7) is 9.76. The van der Waals surface area contributed by atoms with Crippen molar-refractivity contribution in [2.75, 3.05) is 6.61 Å².